The summed E-state index contributed by atoms with van der Waals surface area (Å²) in [5.74, 6) is 0.795. The van der Waals surface area contributed by atoms with E-state index in [9.17, 15) is 4.79 Å². The fraction of sp³-hybridized carbons (Fsp3) is 0.133. The fourth-order valence-corrected chi connectivity index (χ4v) is 1.76. The Labute approximate surface area is 122 Å². The number of ether oxygens (including phenoxy) is 2. The summed E-state index contributed by atoms with van der Waals surface area (Å²) < 4.78 is 10.3. The first-order valence-electron chi connectivity index (χ1n) is 6.03. The maximum absolute atomic E-state index is 11.2. The van der Waals surface area contributed by atoms with Gasteiger partial charge in [0.1, 0.15) is 12.3 Å². The van der Waals surface area contributed by atoms with Gasteiger partial charge in [-0.3, -0.25) is 4.79 Å². The van der Waals surface area contributed by atoms with Crippen LogP contribution in [0.15, 0.2) is 48.5 Å². The van der Waals surface area contributed by atoms with Crippen LogP contribution in [-0.4, -0.2) is 19.6 Å². The summed E-state index contributed by atoms with van der Waals surface area (Å²) in [5.41, 5.74) is 0.692. The van der Waals surface area contributed by atoms with Crippen molar-refractivity contribution in [3.05, 3.63) is 53.6 Å². The van der Waals surface area contributed by atoms with Gasteiger partial charge in [0.2, 0.25) is 0 Å². The molecule has 2 aromatic rings. The highest BCUT2D eigenvalue weighted by atomic mass is 35.5. The molecule has 0 aliphatic carbocycles. The minimum absolute atomic E-state index is 0.0688. The number of rotatable bonds is 5. The molecular formula is C15H14ClNO3. The molecule has 2 aromatic carbocycles. The smallest absolute Gasteiger partial charge is 0.325 e. The van der Waals surface area contributed by atoms with Crippen LogP contribution in [0.2, 0.25) is 5.02 Å². The summed E-state index contributed by atoms with van der Waals surface area (Å²) in [4.78, 5) is 11.2. The summed E-state index contributed by atoms with van der Waals surface area (Å²) in [7, 11) is 1.34. The molecule has 20 heavy (non-hydrogen) atoms. The Kier molecular flexibility index (Phi) is 4.85. The van der Waals surface area contributed by atoms with Gasteiger partial charge in [-0.25, -0.2) is 0 Å². The van der Waals surface area contributed by atoms with E-state index in [2.05, 4.69) is 10.1 Å². The monoisotopic (exact) mass is 291 g/mol. The number of halogens is 1. The molecule has 0 saturated heterocycles. The summed E-state index contributed by atoms with van der Waals surface area (Å²) in [5, 5.41) is 3.48. The maximum atomic E-state index is 11.2. The van der Waals surface area contributed by atoms with Crippen LogP contribution in [0.25, 0.3) is 0 Å². The first-order chi connectivity index (χ1) is 9.70. The van der Waals surface area contributed by atoms with Crippen molar-refractivity contribution in [1.29, 1.82) is 0 Å². The summed E-state index contributed by atoms with van der Waals surface area (Å²) in [6.07, 6.45) is 0. The number of hydrogen-bond donors (Lipinski definition) is 1. The van der Waals surface area contributed by atoms with Crippen LogP contribution in [0.5, 0.6) is 11.5 Å². The standard InChI is InChI=1S/C15H14ClNO3/c1-19-15(18)10-17-12-7-3-5-9-14(12)20-13-8-4-2-6-11(13)16/h2-9,17H,10H2,1H3. The average molecular weight is 292 g/mol. The summed E-state index contributed by atoms with van der Waals surface area (Å²) in [6, 6.07) is 14.5. The second-order valence-corrected chi connectivity index (χ2v) is 4.37. The average Bonchev–Trinajstić information content (AvgIpc) is 2.48. The van der Waals surface area contributed by atoms with Gasteiger partial charge in [-0.15, -0.1) is 0 Å². The molecule has 2 rings (SSSR count). The van der Waals surface area contributed by atoms with Gasteiger partial charge in [0, 0.05) is 0 Å². The molecule has 1 N–H and O–H groups in total. The number of hydrogen-bond acceptors (Lipinski definition) is 4. The van der Waals surface area contributed by atoms with Gasteiger partial charge in [-0.1, -0.05) is 35.9 Å². The van der Waals surface area contributed by atoms with E-state index in [0.717, 1.165) is 0 Å². The fourth-order valence-electron chi connectivity index (χ4n) is 1.59. The van der Waals surface area contributed by atoms with Gasteiger partial charge < -0.3 is 14.8 Å². The summed E-state index contributed by atoms with van der Waals surface area (Å²) in [6.45, 7) is 0.0688. The highest BCUT2D eigenvalue weighted by Crippen LogP contribution is 2.33. The highest BCUT2D eigenvalue weighted by Gasteiger charge is 2.08. The first kappa shape index (κ1) is 14.2. The molecule has 4 nitrogen and oxygen atoms in total. The van der Waals surface area contributed by atoms with Gasteiger partial charge in [0.25, 0.3) is 0 Å². The molecule has 0 unspecified atom stereocenters. The Morgan fingerprint density at radius 3 is 2.45 bits per heavy atom. The van der Waals surface area contributed by atoms with Crippen LogP contribution in [0, 0.1) is 0 Å². The Balaban J connectivity index is 2.16. The molecule has 0 fully saturated rings. The topological polar surface area (TPSA) is 47.6 Å². The van der Waals surface area contributed by atoms with Gasteiger partial charge in [-0.05, 0) is 24.3 Å². The van der Waals surface area contributed by atoms with Gasteiger partial charge >= 0.3 is 5.97 Å². The number of para-hydroxylation sites is 3. The number of nitrogens with one attached hydrogen (secondary N) is 1. The molecule has 0 amide bonds. The normalized spacial score (nSPS) is 9.90. The quantitative estimate of drug-likeness (QED) is 0.853. The molecule has 0 spiro atoms. The van der Waals surface area contributed by atoms with E-state index in [1.807, 2.05) is 30.3 Å². The summed E-state index contributed by atoms with van der Waals surface area (Å²) >= 11 is 6.06. The molecule has 0 heterocycles. The Morgan fingerprint density at radius 1 is 1.10 bits per heavy atom. The molecule has 0 aliphatic heterocycles. The van der Waals surface area contributed by atoms with Crippen molar-refractivity contribution in [2.75, 3.05) is 19.0 Å². The molecular weight excluding hydrogens is 278 g/mol. The second kappa shape index (κ2) is 6.82. The highest BCUT2D eigenvalue weighted by molar-refractivity contribution is 6.32. The van der Waals surface area contributed by atoms with E-state index in [1.54, 1.807) is 18.2 Å². The molecule has 5 heteroatoms. The molecule has 0 aromatic heterocycles. The SMILES string of the molecule is COC(=O)CNc1ccccc1Oc1ccccc1Cl. The van der Waals surface area contributed by atoms with E-state index in [0.29, 0.717) is 22.2 Å². The van der Waals surface area contributed by atoms with Crippen molar-refractivity contribution < 1.29 is 14.3 Å². The van der Waals surface area contributed by atoms with Gasteiger partial charge in [-0.2, -0.15) is 0 Å². The number of methoxy groups -OCH3 is 1. The number of anilines is 1. The van der Waals surface area contributed by atoms with E-state index in [1.165, 1.54) is 7.11 Å². The molecule has 104 valence electrons. The largest absolute Gasteiger partial charge is 0.468 e. The van der Waals surface area contributed by atoms with Crippen LogP contribution in [0.3, 0.4) is 0 Å². The molecule has 0 bridgehead atoms. The lowest BCUT2D eigenvalue weighted by Gasteiger charge is -2.13. The molecule has 0 saturated carbocycles. The lowest BCUT2D eigenvalue weighted by Crippen LogP contribution is -2.15. The zero-order valence-corrected chi connectivity index (χ0v) is 11.7. The first-order valence-corrected chi connectivity index (χ1v) is 6.40. The number of esters is 1. The van der Waals surface area contributed by atoms with Crippen LogP contribution in [0.4, 0.5) is 5.69 Å². The number of carbonyl (C=O) groups is 1. The minimum atomic E-state index is -0.349. The second-order valence-electron chi connectivity index (χ2n) is 3.96. The maximum Gasteiger partial charge on any atom is 0.325 e. The Morgan fingerprint density at radius 2 is 1.75 bits per heavy atom. The van der Waals surface area contributed by atoms with Crippen LogP contribution in [0.1, 0.15) is 0 Å². The van der Waals surface area contributed by atoms with E-state index in [-0.39, 0.29) is 12.5 Å². The Hall–Kier alpha value is -2.20. The lowest BCUT2D eigenvalue weighted by molar-refractivity contribution is -0.138. The van der Waals surface area contributed by atoms with Crippen LogP contribution >= 0.6 is 11.6 Å². The van der Waals surface area contributed by atoms with E-state index >= 15 is 0 Å². The minimum Gasteiger partial charge on any atom is -0.468 e. The van der Waals surface area contributed by atoms with E-state index in [4.69, 9.17) is 16.3 Å². The third-order valence-electron chi connectivity index (χ3n) is 2.59. The van der Waals surface area contributed by atoms with Crippen molar-refractivity contribution in [3.8, 4) is 11.5 Å². The molecule has 0 atom stereocenters. The number of carbonyl (C=O) groups excluding carboxylic acids is 1. The predicted octanol–water partition coefficient (Wildman–Crippen LogP) is 3.72. The zero-order valence-electron chi connectivity index (χ0n) is 10.9. The third-order valence-corrected chi connectivity index (χ3v) is 2.91. The third kappa shape index (κ3) is 3.65. The van der Waals surface area contributed by atoms with Crippen molar-refractivity contribution in [2.24, 2.45) is 0 Å². The molecule has 0 aliphatic rings. The van der Waals surface area contributed by atoms with Crippen molar-refractivity contribution >= 4 is 23.3 Å². The van der Waals surface area contributed by atoms with Crippen LogP contribution in [-0.2, 0) is 9.53 Å². The Bertz CT molecular complexity index is 601. The van der Waals surface area contributed by atoms with Crippen molar-refractivity contribution in [2.45, 2.75) is 0 Å². The predicted molar refractivity (Wildman–Crippen MR) is 78.5 cm³/mol. The number of benzene rings is 2. The van der Waals surface area contributed by atoms with E-state index < -0.39 is 0 Å². The van der Waals surface area contributed by atoms with Crippen LogP contribution < -0.4 is 10.1 Å². The zero-order chi connectivity index (χ0) is 14.4. The van der Waals surface area contributed by atoms with Crippen molar-refractivity contribution in [3.63, 3.8) is 0 Å². The van der Waals surface area contributed by atoms with Gasteiger partial charge in [0.15, 0.2) is 5.75 Å². The van der Waals surface area contributed by atoms with Gasteiger partial charge in [0.05, 0.1) is 17.8 Å². The lowest BCUT2D eigenvalue weighted by atomic mass is 10.3. The van der Waals surface area contributed by atoms with Crippen molar-refractivity contribution in [1.82, 2.24) is 0 Å². The molecule has 0 radical (unpaired) electrons.